The van der Waals surface area contributed by atoms with Gasteiger partial charge < -0.3 is 15.5 Å². The summed E-state index contributed by atoms with van der Waals surface area (Å²) in [6.07, 6.45) is 76.8. The van der Waals surface area contributed by atoms with Crippen LogP contribution in [0.1, 0.15) is 309 Å². The van der Waals surface area contributed by atoms with Gasteiger partial charge in [-0.25, -0.2) is 0 Å². The number of unbranched alkanes of at least 4 members (excludes halogenated alkanes) is 38. The van der Waals surface area contributed by atoms with Gasteiger partial charge in [0.15, 0.2) is 0 Å². The van der Waals surface area contributed by atoms with E-state index in [0.29, 0.717) is 12.8 Å². The average molecular weight is 897 g/mol. The summed E-state index contributed by atoms with van der Waals surface area (Å²) in [6, 6.07) is -0.544. The van der Waals surface area contributed by atoms with Crippen LogP contribution < -0.4 is 5.32 Å². The van der Waals surface area contributed by atoms with E-state index < -0.39 is 12.1 Å². The number of hydrogen-bond acceptors (Lipinski definition) is 3. The van der Waals surface area contributed by atoms with Crippen molar-refractivity contribution < 1.29 is 15.0 Å². The molecular formula is C60H113NO3. The van der Waals surface area contributed by atoms with Gasteiger partial charge in [-0.05, 0) is 51.4 Å². The van der Waals surface area contributed by atoms with Crippen molar-refractivity contribution in [2.75, 3.05) is 6.61 Å². The number of aliphatic hydroxyl groups is 2. The summed E-state index contributed by atoms with van der Waals surface area (Å²) in [5, 5.41) is 23.4. The average Bonchev–Trinajstić information content (AvgIpc) is 3.30. The molecule has 3 N–H and O–H groups in total. The molecule has 2 atom stereocenters. The molecule has 0 rings (SSSR count). The van der Waals surface area contributed by atoms with Crippen LogP contribution in [0.15, 0.2) is 48.6 Å². The Morgan fingerprint density at radius 2 is 0.688 bits per heavy atom. The monoisotopic (exact) mass is 896 g/mol. The van der Waals surface area contributed by atoms with Crippen LogP contribution in [0.2, 0.25) is 0 Å². The summed E-state index contributed by atoms with van der Waals surface area (Å²) < 4.78 is 0. The van der Waals surface area contributed by atoms with Gasteiger partial charge in [-0.3, -0.25) is 4.79 Å². The Kier molecular flexibility index (Phi) is 54.2. The Labute approximate surface area is 401 Å². The molecule has 0 fully saturated rings. The van der Waals surface area contributed by atoms with Crippen LogP contribution in [0.3, 0.4) is 0 Å². The Morgan fingerprint density at radius 1 is 0.391 bits per heavy atom. The molecule has 0 radical (unpaired) electrons. The molecule has 4 nitrogen and oxygen atoms in total. The van der Waals surface area contributed by atoms with Gasteiger partial charge in [0.25, 0.3) is 0 Å². The maximum absolute atomic E-state index is 12.5. The lowest BCUT2D eigenvalue weighted by molar-refractivity contribution is -0.123. The molecule has 0 aromatic carbocycles. The second-order valence-electron chi connectivity index (χ2n) is 19.7. The van der Waals surface area contributed by atoms with Crippen LogP contribution in [0.5, 0.6) is 0 Å². The zero-order chi connectivity index (χ0) is 46.3. The largest absolute Gasteiger partial charge is 0.394 e. The minimum atomic E-state index is -0.666. The van der Waals surface area contributed by atoms with Crippen molar-refractivity contribution in [2.24, 2.45) is 0 Å². The van der Waals surface area contributed by atoms with Crippen LogP contribution in [0.25, 0.3) is 0 Å². The second-order valence-corrected chi connectivity index (χ2v) is 19.7. The van der Waals surface area contributed by atoms with E-state index in [0.717, 1.165) is 51.4 Å². The number of amides is 1. The fourth-order valence-electron chi connectivity index (χ4n) is 9.00. The third-order valence-corrected chi connectivity index (χ3v) is 13.4. The first-order valence-electron chi connectivity index (χ1n) is 28.8. The molecule has 0 spiro atoms. The van der Waals surface area contributed by atoms with Crippen molar-refractivity contribution >= 4 is 5.91 Å². The number of hydrogen-bond donors (Lipinski definition) is 3. The highest BCUT2D eigenvalue weighted by Crippen LogP contribution is 2.18. The van der Waals surface area contributed by atoms with Crippen LogP contribution >= 0.6 is 0 Å². The van der Waals surface area contributed by atoms with Gasteiger partial charge in [-0.15, -0.1) is 0 Å². The van der Waals surface area contributed by atoms with Crippen molar-refractivity contribution in [3.63, 3.8) is 0 Å². The van der Waals surface area contributed by atoms with Gasteiger partial charge in [0.05, 0.1) is 18.8 Å². The highest BCUT2D eigenvalue weighted by Gasteiger charge is 2.20. The highest BCUT2D eigenvalue weighted by molar-refractivity contribution is 5.76. The molecule has 0 aromatic rings. The molecule has 1 amide bonds. The topological polar surface area (TPSA) is 69.6 Å². The van der Waals surface area contributed by atoms with Crippen molar-refractivity contribution in [2.45, 2.75) is 321 Å². The molecule has 376 valence electrons. The lowest BCUT2D eigenvalue weighted by atomic mass is 10.0. The van der Waals surface area contributed by atoms with Crippen molar-refractivity contribution in [1.29, 1.82) is 0 Å². The van der Waals surface area contributed by atoms with Crippen LogP contribution in [-0.2, 0) is 4.79 Å². The first kappa shape index (κ1) is 62.4. The molecule has 0 saturated carbocycles. The lowest BCUT2D eigenvalue weighted by Gasteiger charge is -2.22. The Bertz CT molecular complexity index is 1020. The smallest absolute Gasteiger partial charge is 0.220 e. The van der Waals surface area contributed by atoms with Crippen molar-refractivity contribution in [1.82, 2.24) is 5.32 Å². The minimum Gasteiger partial charge on any atom is -0.394 e. The van der Waals surface area contributed by atoms with Crippen LogP contribution in [0, 0.1) is 0 Å². The molecule has 0 aliphatic rings. The maximum Gasteiger partial charge on any atom is 0.220 e. The highest BCUT2D eigenvalue weighted by atomic mass is 16.3. The number of carbonyl (C=O) groups excluding carboxylic acids is 1. The molecular weight excluding hydrogens is 783 g/mol. The van der Waals surface area contributed by atoms with Crippen LogP contribution in [0.4, 0.5) is 0 Å². The molecule has 64 heavy (non-hydrogen) atoms. The number of carbonyl (C=O) groups is 1. The van der Waals surface area contributed by atoms with E-state index in [1.807, 2.05) is 0 Å². The molecule has 0 aliphatic carbocycles. The van der Waals surface area contributed by atoms with Gasteiger partial charge >= 0.3 is 0 Å². The summed E-state index contributed by atoms with van der Waals surface area (Å²) in [4.78, 5) is 12.5. The van der Waals surface area contributed by atoms with Gasteiger partial charge in [0, 0.05) is 6.42 Å². The predicted octanol–water partition coefficient (Wildman–Crippen LogP) is 19.0. The van der Waals surface area contributed by atoms with E-state index in [4.69, 9.17) is 0 Å². The lowest BCUT2D eigenvalue weighted by Crippen LogP contribution is -2.45. The molecule has 4 heteroatoms. The van der Waals surface area contributed by atoms with Gasteiger partial charge in [-0.1, -0.05) is 300 Å². The third kappa shape index (κ3) is 51.3. The zero-order valence-electron chi connectivity index (χ0n) is 43.3. The van der Waals surface area contributed by atoms with Crippen molar-refractivity contribution in [3.05, 3.63) is 48.6 Å². The van der Waals surface area contributed by atoms with Gasteiger partial charge in [0.1, 0.15) is 0 Å². The Hall–Kier alpha value is -1.65. The number of nitrogens with one attached hydrogen (secondary N) is 1. The van der Waals surface area contributed by atoms with Gasteiger partial charge in [-0.2, -0.15) is 0 Å². The van der Waals surface area contributed by atoms with E-state index in [-0.39, 0.29) is 12.5 Å². The molecule has 2 unspecified atom stereocenters. The third-order valence-electron chi connectivity index (χ3n) is 13.4. The Morgan fingerprint density at radius 3 is 1.03 bits per heavy atom. The molecule has 0 heterocycles. The second kappa shape index (κ2) is 55.7. The van der Waals surface area contributed by atoms with E-state index in [9.17, 15) is 15.0 Å². The first-order valence-corrected chi connectivity index (χ1v) is 28.8. The molecule has 0 saturated heterocycles. The fraction of sp³-hybridized carbons (Fsp3) is 0.850. The fourth-order valence-corrected chi connectivity index (χ4v) is 9.00. The van der Waals surface area contributed by atoms with Gasteiger partial charge in [0.2, 0.25) is 5.91 Å². The standard InChI is InChI=1S/C60H113NO3/c1-3-5-7-9-11-13-15-17-19-21-23-25-26-27-28-29-30-31-32-33-34-36-37-39-41-43-45-47-49-51-53-55-59(63)58(57-62)61-60(64)56-54-52-50-48-46-44-42-40-38-35-24-22-20-18-16-14-12-10-8-6-4-2/h6,8,12,14,18,20,24,35,58-59,62-63H,3-5,7,9-11,13,15-17,19,21-23,25-34,36-57H2,1-2H3,(H,61,64)/b8-6-,14-12-,20-18-,35-24-. The van der Waals surface area contributed by atoms with E-state index in [1.165, 1.54) is 231 Å². The number of aliphatic hydroxyl groups excluding tert-OH is 2. The molecule has 0 bridgehead atoms. The first-order chi connectivity index (χ1) is 31.7. The maximum atomic E-state index is 12.5. The summed E-state index contributed by atoms with van der Waals surface area (Å²) in [7, 11) is 0. The van der Waals surface area contributed by atoms with E-state index >= 15 is 0 Å². The van der Waals surface area contributed by atoms with Crippen LogP contribution in [-0.4, -0.2) is 34.9 Å². The zero-order valence-corrected chi connectivity index (χ0v) is 43.3. The van der Waals surface area contributed by atoms with E-state index in [2.05, 4.69) is 67.8 Å². The molecule has 0 aromatic heterocycles. The normalized spacial score (nSPS) is 13.1. The predicted molar refractivity (Wildman–Crippen MR) is 285 cm³/mol. The quantitative estimate of drug-likeness (QED) is 0.0421. The number of allylic oxidation sites excluding steroid dienone is 8. The Balaban J connectivity index is 3.43. The molecule has 0 aliphatic heterocycles. The summed E-state index contributed by atoms with van der Waals surface area (Å²) in [5.41, 5.74) is 0. The number of rotatable bonds is 53. The summed E-state index contributed by atoms with van der Waals surface area (Å²) >= 11 is 0. The summed E-state index contributed by atoms with van der Waals surface area (Å²) in [6.45, 7) is 4.27. The SMILES string of the molecule is CC/C=C\C/C=C\C/C=C\C/C=C\CCCCCCCCCCC(=O)NC(CO)C(O)CCCCCCCCCCCCCCCCCCCCCCCCCCCCCCCCC. The van der Waals surface area contributed by atoms with E-state index in [1.54, 1.807) is 0 Å². The summed E-state index contributed by atoms with van der Waals surface area (Å²) in [5.74, 6) is -0.0372. The van der Waals surface area contributed by atoms with Crippen molar-refractivity contribution in [3.8, 4) is 0 Å². The minimum absolute atomic E-state index is 0.0372.